The lowest BCUT2D eigenvalue weighted by Crippen LogP contribution is -2.20. The third kappa shape index (κ3) is 5.76. The molecule has 0 aliphatic heterocycles. The highest BCUT2D eigenvalue weighted by atomic mass is 35.5. The maximum atomic E-state index is 12.2. The molecule has 0 aliphatic carbocycles. The van der Waals surface area contributed by atoms with Crippen molar-refractivity contribution in [2.75, 3.05) is 11.9 Å². The summed E-state index contributed by atoms with van der Waals surface area (Å²) in [5, 5.41) is 3.87. The summed E-state index contributed by atoms with van der Waals surface area (Å²) >= 11 is 18.7. The number of nitrogens with zero attached hydrogens (tertiary/aromatic N) is 1. The molecule has 0 spiro atoms. The zero-order valence-corrected chi connectivity index (χ0v) is 18.6. The van der Waals surface area contributed by atoms with E-state index in [1.165, 1.54) is 0 Å². The summed E-state index contributed by atoms with van der Waals surface area (Å²) in [6.07, 6.45) is 1.68. The van der Waals surface area contributed by atoms with Gasteiger partial charge in [-0.2, -0.15) is 0 Å². The highest BCUT2D eigenvalue weighted by Gasteiger charge is 2.12. The van der Waals surface area contributed by atoms with Crippen LogP contribution in [0.3, 0.4) is 0 Å². The van der Waals surface area contributed by atoms with E-state index in [0.29, 0.717) is 20.8 Å². The molecule has 3 aromatic rings. The Morgan fingerprint density at radius 1 is 0.967 bits per heavy atom. The maximum absolute atomic E-state index is 12.2. The first-order valence-electron chi connectivity index (χ1n) is 9.11. The number of anilines is 1. The number of aliphatic imine (C=N–C) groups is 1. The first kappa shape index (κ1) is 22.2. The lowest BCUT2D eigenvalue weighted by molar-refractivity contribution is -0.118. The average Bonchev–Trinajstić information content (AvgIpc) is 2.69. The molecule has 0 aromatic heterocycles. The molecule has 0 atom stereocenters. The van der Waals surface area contributed by atoms with Crippen LogP contribution in [0.4, 0.5) is 11.4 Å². The van der Waals surface area contributed by atoms with E-state index < -0.39 is 0 Å². The van der Waals surface area contributed by atoms with Crippen molar-refractivity contribution in [1.29, 1.82) is 0 Å². The highest BCUT2D eigenvalue weighted by Crippen LogP contribution is 2.34. The molecule has 0 unspecified atom stereocenters. The van der Waals surface area contributed by atoms with Crippen LogP contribution in [0.5, 0.6) is 5.75 Å². The first-order valence-corrected chi connectivity index (χ1v) is 10.2. The predicted octanol–water partition coefficient (Wildman–Crippen LogP) is 7.03. The monoisotopic (exact) mass is 460 g/mol. The molecule has 0 saturated heterocycles. The number of hydrogen-bond acceptors (Lipinski definition) is 3. The van der Waals surface area contributed by atoms with E-state index in [1.807, 2.05) is 44.2 Å². The Balaban J connectivity index is 1.66. The minimum Gasteiger partial charge on any atom is -0.481 e. The van der Waals surface area contributed by atoms with Gasteiger partial charge in [-0.25, -0.2) is 0 Å². The number of para-hydroxylation sites is 1. The van der Waals surface area contributed by atoms with Gasteiger partial charge in [0.2, 0.25) is 0 Å². The number of hydrogen-bond donors (Lipinski definition) is 1. The molecule has 0 aliphatic rings. The van der Waals surface area contributed by atoms with Gasteiger partial charge in [-0.05, 0) is 60.9 Å². The number of halogens is 3. The molecule has 3 aromatic carbocycles. The molecule has 4 nitrogen and oxygen atoms in total. The molecular formula is C23H19Cl3N2O2. The van der Waals surface area contributed by atoms with Crippen molar-refractivity contribution in [3.8, 4) is 5.75 Å². The molecule has 1 N–H and O–H groups in total. The second-order valence-electron chi connectivity index (χ2n) is 6.66. The Morgan fingerprint density at radius 3 is 2.33 bits per heavy atom. The number of rotatable bonds is 6. The average molecular weight is 462 g/mol. The van der Waals surface area contributed by atoms with Gasteiger partial charge in [-0.3, -0.25) is 9.79 Å². The number of aryl methyl sites for hydroxylation is 2. The Bertz CT molecular complexity index is 1090. The van der Waals surface area contributed by atoms with E-state index in [-0.39, 0.29) is 18.3 Å². The van der Waals surface area contributed by atoms with Gasteiger partial charge in [0.05, 0.1) is 15.7 Å². The minimum absolute atomic E-state index is 0.239. The Hall–Kier alpha value is -2.53. The normalized spacial score (nSPS) is 11.0. The molecule has 30 heavy (non-hydrogen) atoms. The predicted molar refractivity (Wildman–Crippen MR) is 125 cm³/mol. The van der Waals surface area contributed by atoms with Crippen LogP contribution in [0.1, 0.15) is 16.7 Å². The van der Waals surface area contributed by atoms with E-state index in [2.05, 4.69) is 10.3 Å². The Morgan fingerprint density at radius 2 is 1.67 bits per heavy atom. The lowest BCUT2D eigenvalue weighted by Gasteiger charge is -2.11. The standard InChI is InChI=1S/C23H19Cl3N2O2/c1-14-7-8-17(11-18(14)24)28-22(29)13-30-23-19(25)9-16(10-20(23)26)12-27-21-6-4-3-5-15(21)2/h3-12H,13H2,1-2H3,(H,28,29). The smallest absolute Gasteiger partial charge is 0.262 e. The first-order chi connectivity index (χ1) is 14.3. The summed E-state index contributed by atoms with van der Waals surface area (Å²) in [5.74, 6) is -0.115. The fourth-order valence-corrected chi connectivity index (χ4v) is 3.44. The van der Waals surface area contributed by atoms with Crippen molar-refractivity contribution < 1.29 is 9.53 Å². The van der Waals surface area contributed by atoms with Gasteiger partial charge in [0.1, 0.15) is 0 Å². The van der Waals surface area contributed by atoms with Crippen molar-refractivity contribution in [1.82, 2.24) is 0 Å². The van der Waals surface area contributed by atoms with Gasteiger partial charge in [-0.1, -0.05) is 59.1 Å². The van der Waals surface area contributed by atoms with Gasteiger partial charge < -0.3 is 10.1 Å². The molecule has 0 heterocycles. The van der Waals surface area contributed by atoms with Gasteiger partial charge in [-0.15, -0.1) is 0 Å². The van der Waals surface area contributed by atoms with E-state index in [1.54, 1.807) is 30.5 Å². The Kier molecular flexibility index (Phi) is 7.38. The van der Waals surface area contributed by atoms with Crippen LogP contribution >= 0.6 is 34.8 Å². The minimum atomic E-state index is -0.354. The fraction of sp³-hybridized carbons (Fsp3) is 0.130. The van der Waals surface area contributed by atoms with Crippen LogP contribution in [-0.4, -0.2) is 18.7 Å². The zero-order chi connectivity index (χ0) is 21.7. The third-order valence-electron chi connectivity index (χ3n) is 4.29. The molecule has 1 amide bonds. The van der Waals surface area contributed by atoms with Gasteiger partial charge >= 0.3 is 0 Å². The third-order valence-corrected chi connectivity index (χ3v) is 5.26. The van der Waals surface area contributed by atoms with Crippen LogP contribution in [0.2, 0.25) is 15.1 Å². The quantitative estimate of drug-likeness (QED) is 0.400. The lowest BCUT2D eigenvalue weighted by atomic mass is 10.2. The van der Waals surface area contributed by atoms with Gasteiger partial charge in [0.15, 0.2) is 12.4 Å². The van der Waals surface area contributed by atoms with E-state index >= 15 is 0 Å². The number of benzene rings is 3. The van der Waals surface area contributed by atoms with Crippen LogP contribution in [0.15, 0.2) is 59.6 Å². The summed E-state index contributed by atoms with van der Waals surface area (Å²) in [6, 6.07) is 16.4. The van der Waals surface area contributed by atoms with Crippen LogP contribution < -0.4 is 10.1 Å². The maximum Gasteiger partial charge on any atom is 0.262 e. The van der Waals surface area contributed by atoms with Crippen LogP contribution in [-0.2, 0) is 4.79 Å². The summed E-state index contributed by atoms with van der Waals surface area (Å²) in [7, 11) is 0. The fourth-order valence-electron chi connectivity index (χ4n) is 2.65. The van der Waals surface area contributed by atoms with E-state index in [0.717, 1.165) is 22.4 Å². The van der Waals surface area contributed by atoms with Gasteiger partial charge in [0, 0.05) is 16.9 Å². The van der Waals surface area contributed by atoms with Crippen molar-refractivity contribution >= 4 is 58.3 Å². The van der Waals surface area contributed by atoms with Crippen molar-refractivity contribution in [2.24, 2.45) is 4.99 Å². The van der Waals surface area contributed by atoms with Crippen molar-refractivity contribution in [3.05, 3.63) is 86.4 Å². The number of carbonyl (C=O) groups is 1. The molecule has 0 radical (unpaired) electrons. The molecular weight excluding hydrogens is 443 g/mol. The summed E-state index contributed by atoms with van der Waals surface area (Å²) in [6.45, 7) is 3.62. The summed E-state index contributed by atoms with van der Waals surface area (Å²) in [5.41, 5.74) is 4.15. The topological polar surface area (TPSA) is 50.7 Å². The zero-order valence-electron chi connectivity index (χ0n) is 16.4. The van der Waals surface area contributed by atoms with Crippen LogP contribution in [0, 0.1) is 13.8 Å². The molecule has 0 saturated carbocycles. The number of nitrogens with one attached hydrogen (secondary N) is 1. The molecule has 0 fully saturated rings. The van der Waals surface area contributed by atoms with Crippen LogP contribution in [0.25, 0.3) is 0 Å². The number of ether oxygens (including phenoxy) is 1. The Labute approximate surface area is 190 Å². The van der Waals surface area contributed by atoms with E-state index in [9.17, 15) is 4.79 Å². The summed E-state index contributed by atoms with van der Waals surface area (Å²) < 4.78 is 5.54. The second-order valence-corrected chi connectivity index (χ2v) is 7.88. The van der Waals surface area contributed by atoms with Crippen molar-refractivity contribution in [2.45, 2.75) is 13.8 Å². The molecule has 154 valence electrons. The highest BCUT2D eigenvalue weighted by molar-refractivity contribution is 6.37. The van der Waals surface area contributed by atoms with Crippen molar-refractivity contribution in [3.63, 3.8) is 0 Å². The molecule has 0 bridgehead atoms. The number of amides is 1. The summed E-state index contributed by atoms with van der Waals surface area (Å²) in [4.78, 5) is 16.6. The van der Waals surface area contributed by atoms with E-state index in [4.69, 9.17) is 39.5 Å². The van der Waals surface area contributed by atoms with Gasteiger partial charge in [0.25, 0.3) is 5.91 Å². The molecule has 7 heteroatoms. The number of carbonyl (C=O) groups excluding carboxylic acids is 1. The largest absolute Gasteiger partial charge is 0.481 e. The second kappa shape index (κ2) is 9.98. The molecule has 3 rings (SSSR count). The SMILES string of the molecule is Cc1ccc(NC(=O)COc2c(Cl)cc(C=Nc3ccccc3C)cc2Cl)cc1Cl.